The number of ketones is 1. The molecule has 0 aliphatic heterocycles. The molecule has 1 aromatic heterocycles. The van der Waals surface area contributed by atoms with Gasteiger partial charge < -0.3 is 14.8 Å². The van der Waals surface area contributed by atoms with Crippen molar-refractivity contribution in [1.29, 1.82) is 0 Å². The van der Waals surface area contributed by atoms with Gasteiger partial charge in [-0.15, -0.1) is 0 Å². The van der Waals surface area contributed by atoms with Gasteiger partial charge in [0.15, 0.2) is 17.3 Å². The van der Waals surface area contributed by atoms with Gasteiger partial charge >= 0.3 is 5.69 Å². The van der Waals surface area contributed by atoms with Crippen molar-refractivity contribution < 1.29 is 14.6 Å². The Bertz CT molecular complexity index is 1720. The van der Waals surface area contributed by atoms with E-state index in [1.165, 1.54) is 18.7 Å². The van der Waals surface area contributed by atoms with Crippen LogP contribution in [0.1, 0.15) is 33.7 Å². The summed E-state index contributed by atoms with van der Waals surface area (Å²) in [5.41, 5.74) is 7.23. The fraction of sp³-hybridized carbons (Fsp3) is 0.176. The third-order valence-electron chi connectivity index (χ3n) is 7.48. The van der Waals surface area contributed by atoms with Gasteiger partial charge in [0.1, 0.15) is 0 Å². The number of carbonyl (C=O) groups excluding carboxylic acids is 1. The molecule has 5 rings (SSSR count). The van der Waals surface area contributed by atoms with E-state index in [9.17, 15) is 14.7 Å². The molecule has 0 bridgehead atoms. The summed E-state index contributed by atoms with van der Waals surface area (Å²) in [4.78, 5) is 29.6. The molecule has 6 heteroatoms. The highest BCUT2D eigenvalue weighted by Gasteiger charge is 2.29. The number of nitrogens with zero attached hydrogens (tertiary/aromatic N) is 1. The fourth-order valence-corrected chi connectivity index (χ4v) is 5.01. The van der Waals surface area contributed by atoms with Gasteiger partial charge in [0.25, 0.3) is 0 Å². The Morgan fingerprint density at radius 2 is 1.77 bits per heavy atom. The van der Waals surface area contributed by atoms with Crippen molar-refractivity contribution in [2.45, 2.75) is 26.7 Å². The molecule has 4 aromatic rings. The zero-order chi connectivity index (χ0) is 28.4. The lowest BCUT2D eigenvalue weighted by Gasteiger charge is -2.26. The van der Waals surface area contributed by atoms with Gasteiger partial charge in [-0.05, 0) is 73.4 Å². The molecule has 1 aliphatic rings. The number of nitrogens with one attached hydrogen (secondary N) is 1. The van der Waals surface area contributed by atoms with Crippen molar-refractivity contribution in [3.8, 4) is 22.8 Å². The normalized spacial score (nSPS) is 16.8. The maximum Gasteiger partial charge on any atom is 0.330 e. The van der Waals surface area contributed by atoms with Gasteiger partial charge in [-0.1, -0.05) is 66.2 Å². The molecule has 1 heterocycles. The van der Waals surface area contributed by atoms with Crippen LogP contribution in [0.15, 0.2) is 96.0 Å². The van der Waals surface area contributed by atoms with Crippen LogP contribution in [0.2, 0.25) is 0 Å². The van der Waals surface area contributed by atoms with E-state index in [0.29, 0.717) is 11.4 Å². The van der Waals surface area contributed by atoms with Crippen LogP contribution in [0.3, 0.4) is 0 Å². The minimum Gasteiger partial charge on any atom is -0.504 e. The number of aromatic amines is 1. The Kier molecular flexibility index (Phi) is 7.43. The molecule has 40 heavy (non-hydrogen) atoms. The van der Waals surface area contributed by atoms with Crippen LogP contribution < -0.4 is 10.4 Å². The molecule has 2 atom stereocenters. The molecule has 3 aromatic carbocycles. The molecule has 2 N–H and O–H groups in total. The molecule has 0 amide bonds. The zero-order valence-corrected chi connectivity index (χ0v) is 23.0. The highest BCUT2D eigenvalue weighted by Crippen LogP contribution is 2.36. The lowest BCUT2D eigenvalue weighted by atomic mass is 9.79. The predicted octanol–water partition coefficient (Wildman–Crippen LogP) is 6.58. The molecule has 0 radical (unpaired) electrons. The number of hydrogen-bond acceptors (Lipinski definition) is 4. The van der Waals surface area contributed by atoms with Crippen molar-refractivity contribution >= 4 is 17.6 Å². The summed E-state index contributed by atoms with van der Waals surface area (Å²) in [6, 6.07) is 19.2. The van der Waals surface area contributed by atoms with E-state index in [2.05, 4.69) is 37.0 Å². The van der Waals surface area contributed by atoms with Crippen molar-refractivity contribution in [3.63, 3.8) is 0 Å². The van der Waals surface area contributed by atoms with Crippen LogP contribution in [0.4, 0.5) is 0 Å². The van der Waals surface area contributed by atoms with E-state index in [4.69, 9.17) is 4.74 Å². The molecule has 0 fully saturated rings. The molecule has 0 saturated carbocycles. The second-order valence-corrected chi connectivity index (χ2v) is 10.2. The maximum atomic E-state index is 13.8. The number of carbonyl (C=O) groups is 1. The number of aromatic hydroxyl groups is 1. The van der Waals surface area contributed by atoms with Crippen LogP contribution in [-0.2, 0) is 4.79 Å². The second-order valence-electron chi connectivity index (χ2n) is 10.2. The minimum absolute atomic E-state index is 0.0344. The highest BCUT2D eigenvalue weighted by molar-refractivity contribution is 5.98. The number of allylic oxidation sites excluding steroid dienone is 5. The van der Waals surface area contributed by atoms with E-state index in [1.807, 2.05) is 49.4 Å². The number of benzene rings is 3. The quantitative estimate of drug-likeness (QED) is 0.264. The molecule has 0 saturated heterocycles. The fourth-order valence-electron chi connectivity index (χ4n) is 5.01. The minimum atomic E-state index is -0.537. The molecule has 0 spiro atoms. The smallest absolute Gasteiger partial charge is 0.330 e. The average Bonchev–Trinajstić information content (AvgIpc) is 3.35. The number of rotatable bonds is 7. The number of phenolic OH excluding ortho intramolecular Hbond substituents is 1. The second kappa shape index (κ2) is 11.1. The number of aromatic nitrogens is 2. The van der Waals surface area contributed by atoms with Crippen LogP contribution in [0.25, 0.3) is 23.0 Å². The average molecular weight is 533 g/mol. The van der Waals surface area contributed by atoms with E-state index in [0.717, 1.165) is 33.5 Å². The number of hydrogen-bond donors (Lipinski definition) is 2. The summed E-state index contributed by atoms with van der Waals surface area (Å²) in [5.74, 6) is -0.470. The molecule has 202 valence electrons. The summed E-state index contributed by atoms with van der Waals surface area (Å²) in [6.07, 6.45) is 10.8. The number of phenols is 1. The number of ether oxygens (including phenoxy) is 1. The SMILES string of the molecule is COc1cc(/C=C/C(=O)C2C=C(n3c(-c4ccc(C)cc4)c[nH]c3=O)C=CC2c2ccc(C)c(C)c2)ccc1O. The monoisotopic (exact) mass is 532 g/mol. The van der Waals surface area contributed by atoms with Gasteiger partial charge in [0, 0.05) is 23.4 Å². The molecule has 2 unspecified atom stereocenters. The van der Waals surface area contributed by atoms with Crippen LogP contribution in [-0.4, -0.2) is 27.6 Å². The molecule has 6 nitrogen and oxygen atoms in total. The largest absolute Gasteiger partial charge is 0.504 e. The summed E-state index contributed by atoms with van der Waals surface area (Å²) in [5, 5.41) is 9.92. The standard InChI is InChI=1S/C34H32N2O4/c1-21-5-10-25(11-6-21)30-20-35-34(39)36(30)27-13-14-28(26-12-7-22(2)23(3)17-26)29(19-27)31(37)15-8-24-9-16-32(38)33(18-24)40-4/h5-20,28-29,38H,1-4H3,(H,35,39)/b15-8+. The summed E-state index contributed by atoms with van der Waals surface area (Å²) in [7, 11) is 1.48. The Hall–Kier alpha value is -4.84. The van der Waals surface area contributed by atoms with Gasteiger partial charge in [-0.2, -0.15) is 0 Å². The first-order valence-corrected chi connectivity index (χ1v) is 13.2. The Morgan fingerprint density at radius 3 is 2.50 bits per heavy atom. The number of aryl methyl sites for hydroxylation is 3. The Balaban J connectivity index is 1.56. The lowest BCUT2D eigenvalue weighted by Crippen LogP contribution is -2.24. The zero-order valence-electron chi connectivity index (χ0n) is 23.0. The highest BCUT2D eigenvalue weighted by atomic mass is 16.5. The third kappa shape index (κ3) is 5.34. The molecular weight excluding hydrogens is 500 g/mol. The first-order chi connectivity index (χ1) is 19.2. The third-order valence-corrected chi connectivity index (χ3v) is 7.48. The molecular formula is C34H32N2O4. The first-order valence-electron chi connectivity index (χ1n) is 13.2. The van der Waals surface area contributed by atoms with Gasteiger partial charge in [-0.3, -0.25) is 9.36 Å². The summed E-state index contributed by atoms with van der Waals surface area (Å²) < 4.78 is 6.82. The topological polar surface area (TPSA) is 84.3 Å². The van der Waals surface area contributed by atoms with Gasteiger partial charge in [0.05, 0.1) is 18.7 Å². The lowest BCUT2D eigenvalue weighted by molar-refractivity contribution is -0.117. The van der Waals surface area contributed by atoms with Crippen LogP contribution in [0, 0.1) is 26.7 Å². The van der Waals surface area contributed by atoms with Crippen molar-refractivity contribution in [2.75, 3.05) is 7.11 Å². The van der Waals surface area contributed by atoms with E-state index < -0.39 is 5.92 Å². The summed E-state index contributed by atoms with van der Waals surface area (Å²) in [6.45, 7) is 6.15. The van der Waals surface area contributed by atoms with Crippen molar-refractivity contribution in [2.24, 2.45) is 5.92 Å². The van der Waals surface area contributed by atoms with Crippen LogP contribution in [0.5, 0.6) is 11.5 Å². The van der Waals surface area contributed by atoms with Crippen molar-refractivity contribution in [3.05, 3.63) is 129 Å². The number of H-pyrrole nitrogens is 1. The number of methoxy groups -OCH3 is 1. The van der Waals surface area contributed by atoms with Crippen molar-refractivity contribution in [1.82, 2.24) is 9.55 Å². The van der Waals surface area contributed by atoms with E-state index >= 15 is 0 Å². The first kappa shape index (κ1) is 26.8. The summed E-state index contributed by atoms with van der Waals surface area (Å²) >= 11 is 0. The van der Waals surface area contributed by atoms with Gasteiger partial charge in [0.2, 0.25) is 0 Å². The van der Waals surface area contributed by atoms with Gasteiger partial charge in [-0.25, -0.2) is 4.79 Å². The molecule has 1 aliphatic carbocycles. The Morgan fingerprint density at radius 1 is 1.00 bits per heavy atom. The number of imidazole rings is 1. The Labute approximate surface area is 233 Å². The maximum absolute atomic E-state index is 13.8. The van der Waals surface area contributed by atoms with E-state index in [-0.39, 0.29) is 23.1 Å². The predicted molar refractivity (Wildman–Crippen MR) is 159 cm³/mol. The van der Waals surface area contributed by atoms with Crippen LogP contribution >= 0.6 is 0 Å². The van der Waals surface area contributed by atoms with E-state index in [1.54, 1.807) is 35.0 Å².